The van der Waals surface area contributed by atoms with Crippen LogP contribution in [0.3, 0.4) is 0 Å². The molecule has 0 radical (unpaired) electrons. The third-order valence-electron chi connectivity index (χ3n) is 6.76. The van der Waals surface area contributed by atoms with Gasteiger partial charge in [-0.1, -0.05) is 11.2 Å². The van der Waals surface area contributed by atoms with E-state index >= 15 is 0 Å². The monoisotopic (exact) mass is 528 g/mol. The normalized spacial score (nSPS) is 20.7. The molecule has 4 rings (SSSR count). The minimum Gasteiger partial charge on any atom is -0.494 e. The van der Waals surface area contributed by atoms with E-state index in [1.165, 1.54) is 19.2 Å². The summed E-state index contributed by atoms with van der Waals surface area (Å²) in [5.41, 5.74) is 2.11. The molecule has 1 saturated carbocycles. The number of amides is 3. The van der Waals surface area contributed by atoms with Gasteiger partial charge in [0.15, 0.2) is 11.6 Å². The second-order valence-corrected chi connectivity index (χ2v) is 9.46. The number of halogens is 1. The van der Waals surface area contributed by atoms with E-state index in [4.69, 9.17) is 14.7 Å². The number of aliphatic hydroxyl groups excluding tert-OH is 1. The second kappa shape index (κ2) is 12.6. The molecular formula is C26H33FN6O5. The van der Waals surface area contributed by atoms with Crippen molar-refractivity contribution in [2.75, 3.05) is 20.3 Å². The van der Waals surface area contributed by atoms with Crippen LogP contribution in [0.15, 0.2) is 29.4 Å². The smallest absolute Gasteiger partial charge is 0.315 e. The number of benzene rings is 1. The van der Waals surface area contributed by atoms with Gasteiger partial charge in [-0.25, -0.2) is 19.2 Å². The number of aryl methyl sites for hydroxylation is 1. The number of aromatic nitrogens is 2. The van der Waals surface area contributed by atoms with Crippen LogP contribution in [0.4, 0.5) is 9.18 Å². The Morgan fingerprint density at radius 3 is 2.68 bits per heavy atom. The van der Waals surface area contributed by atoms with Crippen molar-refractivity contribution < 1.29 is 28.7 Å². The molecule has 3 amide bonds. The molecule has 4 N–H and O–H groups in total. The molecule has 12 heteroatoms. The molecule has 1 aromatic carbocycles. The van der Waals surface area contributed by atoms with E-state index < -0.39 is 5.82 Å². The molecule has 0 spiro atoms. The van der Waals surface area contributed by atoms with Crippen LogP contribution >= 0.6 is 0 Å². The summed E-state index contributed by atoms with van der Waals surface area (Å²) in [6, 6.07) is 5.84. The van der Waals surface area contributed by atoms with Crippen LogP contribution in [0.1, 0.15) is 59.7 Å². The van der Waals surface area contributed by atoms with Crippen LogP contribution < -0.4 is 20.7 Å². The highest BCUT2D eigenvalue weighted by Gasteiger charge is 2.34. The highest BCUT2D eigenvalue weighted by molar-refractivity contribution is 6.01. The van der Waals surface area contributed by atoms with Crippen molar-refractivity contribution in [2.45, 2.75) is 57.7 Å². The van der Waals surface area contributed by atoms with Crippen molar-refractivity contribution in [2.24, 2.45) is 11.1 Å². The summed E-state index contributed by atoms with van der Waals surface area (Å²) in [7, 11) is 1.39. The van der Waals surface area contributed by atoms with Crippen molar-refractivity contribution in [3.05, 3.63) is 52.9 Å². The Hall–Kier alpha value is -3.80. The van der Waals surface area contributed by atoms with Gasteiger partial charge in [-0.3, -0.25) is 4.79 Å². The first kappa shape index (κ1) is 27.2. The molecule has 2 aromatic rings. The van der Waals surface area contributed by atoms with Gasteiger partial charge in [0, 0.05) is 25.6 Å². The van der Waals surface area contributed by atoms with Crippen molar-refractivity contribution in [3.8, 4) is 5.75 Å². The Morgan fingerprint density at radius 2 is 1.95 bits per heavy atom. The van der Waals surface area contributed by atoms with Gasteiger partial charge >= 0.3 is 6.03 Å². The molecule has 1 fully saturated rings. The fourth-order valence-electron chi connectivity index (χ4n) is 4.76. The van der Waals surface area contributed by atoms with Gasteiger partial charge in [-0.2, -0.15) is 0 Å². The number of aliphatic hydroxyl groups is 1. The number of methoxy groups -OCH3 is 1. The van der Waals surface area contributed by atoms with E-state index in [2.05, 4.69) is 31.1 Å². The molecule has 1 atom stereocenters. The molecule has 2 aliphatic rings. The maximum atomic E-state index is 13.6. The quantitative estimate of drug-likeness (QED) is 0.390. The maximum Gasteiger partial charge on any atom is 0.315 e. The standard InChI is InChI=1S/C26H33FN6O5/c1-15-30-20(12-22(31-15)25(35)29-14-16-3-8-19(27)24(11-16)37-2)21-13-23(38-33-21)17-4-6-18(7-5-17)32-26(36)28-9-10-34/h3,8,11-12,17-18,23,34H,4-7,9-10,13-14H2,1-2H3,(H,29,35)(H2,28,32,36). The topological polar surface area (TPSA) is 147 Å². The zero-order valence-electron chi connectivity index (χ0n) is 21.5. The Morgan fingerprint density at radius 1 is 1.16 bits per heavy atom. The summed E-state index contributed by atoms with van der Waals surface area (Å²) in [6.07, 6.45) is 3.95. The molecule has 0 bridgehead atoms. The SMILES string of the molecule is COc1cc(CNC(=O)c2cc(C3=NOC(C4CCC(NC(=O)NCCO)CC4)C3)nc(C)n2)ccc1F. The lowest BCUT2D eigenvalue weighted by atomic mass is 9.81. The first-order valence-corrected chi connectivity index (χ1v) is 12.7. The average molecular weight is 529 g/mol. The largest absolute Gasteiger partial charge is 0.494 e. The van der Waals surface area contributed by atoms with Crippen molar-refractivity contribution in [1.82, 2.24) is 25.9 Å². The van der Waals surface area contributed by atoms with Gasteiger partial charge in [0.2, 0.25) is 0 Å². The van der Waals surface area contributed by atoms with Crippen molar-refractivity contribution in [1.29, 1.82) is 0 Å². The lowest BCUT2D eigenvalue weighted by Gasteiger charge is -2.31. The molecule has 1 aliphatic carbocycles. The molecule has 1 aliphatic heterocycles. The lowest BCUT2D eigenvalue weighted by molar-refractivity contribution is 0.0238. The van der Waals surface area contributed by atoms with Gasteiger partial charge in [0.05, 0.1) is 19.4 Å². The minimum absolute atomic E-state index is 0.0878. The molecule has 1 unspecified atom stereocenters. The summed E-state index contributed by atoms with van der Waals surface area (Å²) in [5, 5.41) is 21.4. The average Bonchev–Trinajstić information content (AvgIpc) is 3.42. The first-order valence-electron chi connectivity index (χ1n) is 12.7. The summed E-state index contributed by atoms with van der Waals surface area (Å²) < 4.78 is 18.6. The van der Waals surface area contributed by atoms with Gasteiger partial charge < -0.3 is 30.6 Å². The van der Waals surface area contributed by atoms with E-state index in [1.807, 2.05) is 0 Å². The summed E-state index contributed by atoms with van der Waals surface area (Å²) in [5.74, 6) is -0.00617. The maximum absolute atomic E-state index is 13.6. The van der Waals surface area contributed by atoms with Gasteiger partial charge in [-0.15, -0.1) is 0 Å². The van der Waals surface area contributed by atoms with Crippen LogP contribution in [0.25, 0.3) is 0 Å². The molecule has 38 heavy (non-hydrogen) atoms. The fraction of sp³-hybridized carbons (Fsp3) is 0.500. The van der Waals surface area contributed by atoms with Crippen LogP contribution in [-0.2, 0) is 11.4 Å². The number of ether oxygens (including phenoxy) is 1. The Bertz CT molecular complexity index is 1180. The minimum atomic E-state index is -0.470. The molecule has 1 aromatic heterocycles. The van der Waals surface area contributed by atoms with Crippen molar-refractivity contribution >= 4 is 17.6 Å². The molecule has 0 saturated heterocycles. The van der Waals surface area contributed by atoms with Crippen LogP contribution in [0.5, 0.6) is 5.75 Å². The summed E-state index contributed by atoms with van der Waals surface area (Å²) in [4.78, 5) is 39.1. The molecule has 2 heterocycles. The second-order valence-electron chi connectivity index (χ2n) is 9.46. The summed E-state index contributed by atoms with van der Waals surface area (Å²) in [6.45, 7) is 2.03. The lowest BCUT2D eigenvalue weighted by Crippen LogP contribution is -2.45. The van der Waals surface area contributed by atoms with Crippen LogP contribution in [0.2, 0.25) is 0 Å². The van der Waals surface area contributed by atoms with E-state index in [-0.39, 0.29) is 55.2 Å². The third-order valence-corrected chi connectivity index (χ3v) is 6.76. The van der Waals surface area contributed by atoms with E-state index in [0.29, 0.717) is 35.1 Å². The third kappa shape index (κ3) is 6.94. The number of nitrogens with zero attached hydrogens (tertiary/aromatic N) is 3. The summed E-state index contributed by atoms with van der Waals surface area (Å²) >= 11 is 0. The number of rotatable bonds is 9. The van der Waals surface area contributed by atoms with Gasteiger partial charge in [0.1, 0.15) is 23.3 Å². The zero-order chi connectivity index (χ0) is 27.1. The van der Waals surface area contributed by atoms with Gasteiger partial charge in [-0.05, 0) is 62.3 Å². The Labute approximate surface area is 220 Å². The molecular weight excluding hydrogens is 495 g/mol. The van der Waals surface area contributed by atoms with E-state index in [0.717, 1.165) is 25.7 Å². The van der Waals surface area contributed by atoms with E-state index in [9.17, 15) is 14.0 Å². The zero-order valence-corrected chi connectivity index (χ0v) is 21.5. The number of oxime groups is 1. The number of urea groups is 1. The van der Waals surface area contributed by atoms with Crippen LogP contribution in [0, 0.1) is 18.7 Å². The highest BCUT2D eigenvalue weighted by atomic mass is 19.1. The van der Waals surface area contributed by atoms with E-state index in [1.54, 1.807) is 19.1 Å². The first-order chi connectivity index (χ1) is 18.4. The fourth-order valence-corrected chi connectivity index (χ4v) is 4.76. The van der Waals surface area contributed by atoms with Crippen molar-refractivity contribution in [3.63, 3.8) is 0 Å². The Balaban J connectivity index is 1.31. The molecule has 204 valence electrons. The predicted molar refractivity (Wildman–Crippen MR) is 136 cm³/mol. The van der Waals surface area contributed by atoms with Crippen LogP contribution in [-0.4, -0.2) is 65.1 Å². The number of carbonyl (C=O) groups excluding carboxylic acids is 2. The Kier molecular flexibility index (Phi) is 9.06. The predicted octanol–water partition coefficient (Wildman–Crippen LogP) is 2.21. The number of hydrogen-bond acceptors (Lipinski definition) is 8. The van der Waals surface area contributed by atoms with Gasteiger partial charge in [0.25, 0.3) is 5.91 Å². The highest BCUT2D eigenvalue weighted by Crippen LogP contribution is 2.33. The molecule has 11 nitrogen and oxygen atoms in total. The number of carbonyl (C=O) groups is 2. The number of hydrogen-bond donors (Lipinski definition) is 4. The number of nitrogens with one attached hydrogen (secondary N) is 3.